The van der Waals surface area contributed by atoms with Crippen molar-refractivity contribution in [2.45, 2.75) is 31.3 Å². The number of anilines is 1. The van der Waals surface area contributed by atoms with E-state index in [-0.39, 0.29) is 42.5 Å². The Kier molecular flexibility index (Phi) is 8.28. The van der Waals surface area contributed by atoms with Gasteiger partial charge in [-0.15, -0.1) is 0 Å². The Morgan fingerprint density at radius 3 is 2.19 bits per heavy atom. The maximum Gasteiger partial charge on any atom is 0.487 e. The Balaban J connectivity index is 1.59. The number of rotatable bonds is 5. The predicted molar refractivity (Wildman–Crippen MR) is 147 cm³/mol. The maximum atomic E-state index is 13.9. The zero-order valence-electron chi connectivity index (χ0n) is 22.4. The Morgan fingerprint density at radius 1 is 1.00 bits per heavy atom. The van der Waals surface area contributed by atoms with Crippen molar-refractivity contribution < 1.29 is 60.2 Å². The molecule has 0 aromatic heterocycles. The smallest absolute Gasteiger partial charge is 0.487 e. The van der Waals surface area contributed by atoms with Crippen molar-refractivity contribution >= 4 is 47.2 Å². The number of benzene rings is 2. The molecule has 2 saturated heterocycles. The Bertz CT molecular complexity index is 1480. The van der Waals surface area contributed by atoms with Gasteiger partial charge in [0.25, 0.3) is 0 Å². The molecule has 0 spiro atoms. The molecule has 16 heteroatoms. The molecular formula is C27H23BF6INO7. The molecule has 2 aliphatic heterocycles. The van der Waals surface area contributed by atoms with E-state index in [1.165, 1.54) is 20.3 Å². The number of allylic oxidation sites excluding steroid dienone is 1. The summed E-state index contributed by atoms with van der Waals surface area (Å²) in [6, 6.07) is 3.67. The van der Waals surface area contributed by atoms with E-state index in [0.717, 1.165) is 0 Å². The van der Waals surface area contributed by atoms with Gasteiger partial charge in [0.1, 0.15) is 0 Å². The van der Waals surface area contributed by atoms with Crippen LogP contribution in [0.4, 0.5) is 32.0 Å². The molecule has 5 rings (SSSR count). The number of nitrogens with zero attached hydrogens (tertiary/aromatic N) is 1. The van der Waals surface area contributed by atoms with Crippen molar-refractivity contribution in [1.82, 2.24) is 0 Å². The van der Waals surface area contributed by atoms with Crippen LogP contribution < -0.4 is 9.64 Å². The molecule has 8 nitrogen and oxygen atoms in total. The lowest BCUT2D eigenvalue weighted by Crippen LogP contribution is -2.45. The van der Waals surface area contributed by atoms with Crippen LogP contribution in [0.25, 0.3) is 0 Å². The van der Waals surface area contributed by atoms with Crippen LogP contribution in [0.5, 0.6) is 11.5 Å². The molecule has 0 radical (unpaired) electrons. The topological polar surface area (TPSA) is 106 Å². The predicted octanol–water partition coefficient (Wildman–Crippen LogP) is 5.29. The summed E-state index contributed by atoms with van der Waals surface area (Å²) in [5.74, 6) is -5.14. The molecule has 0 saturated carbocycles. The lowest BCUT2D eigenvalue weighted by atomic mass is 9.55. The van der Waals surface area contributed by atoms with Crippen LogP contribution in [0.15, 0.2) is 41.4 Å². The van der Waals surface area contributed by atoms with E-state index in [9.17, 15) is 46.1 Å². The quantitative estimate of drug-likeness (QED) is 0.187. The third-order valence-corrected chi connectivity index (χ3v) is 8.83. The molecule has 2 aromatic rings. The number of halogens is 7. The number of carbonyl (C=O) groups excluding carboxylic acids is 2. The number of methoxy groups -OCH3 is 2. The highest BCUT2D eigenvalue weighted by Crippen LogP contribution is 2.53. The average molecular weight is 725 g/mol. The van der Waals surface area contributed by atoms with Gasteiger partial charge in [-0.2, -0.15) is 26.3 Å². The van der Waals surface area contributed by atoms with Gasteiger partial charge in [-0.3, -0.25) is 9.59 Å². The van der Waals surface area contributed by atoms with Gasteiger partial charge in [0, 0.05) is 7.11 Å². The van der Waals surface area contributed by atoms with E-state index < -0.39 is 72.0 Å². The third-order valence-electron chi connectivity index (χ3n) is 8.00. The molecule has 2 amide bonds. The molecule has 1 aliphatic carbocycles. The van der Waals surface area contributed by atoms with E-state index in [1.54, 1.807) is 6.07 Å². The molecule has 0 unspecified atom stereocenters. The van der Waals surface area contributed by atoms with E-state index in [4.69, 9.17) is 14.1 Å². The number of phenols is 1. The molecule has 2 N–H and O–H groups in total. The van der Waals surface area contributed by atoms with Crippen molar-refractivity contribution in [3.8, 4) is 11.5 Å². The first-order valence-corrected chi connectivity index (χ1v) is 13.9. The van der Waals surface area contributed by atoms with E-state index in [1.807, 2.05) is 22.6 Å². The van der Waals surface area contributed by atoms with E-state index in [0.29, 0.717) is 31.7 Å². The fraction of sp³-hybridized carbons (Fsp3) is 0.407. The van der Waals surface area contributed by atoms with E-state index in [2.05, 4.69) is 0 Å². The van der Waals surface area contributed by atoms with Gasteiger partial charge in [0.15, 0.2) is 11.5 Å². The van der Waals surface area contributed by atoms with Crippen LogP contribution in [-0.2, 0) is 31.3 Å². The van der Waals surface area contributed by atoms with Crippen molar-refractivity contribution in [2.24, 2.45) is 17.8 Å². The Labute approximate surface area is 254 Å². The van der Waals surface area contributed by atoms with Gasteiger partial charge in [-0.1, -0.05) is 0 Å². The molecule has 4 atom stereocenters. The lowest BCUT2D eigenvalue weighted by Gasteiger charge is -2.42. The Hall–Kier alpha value is -2.83. The van der Waals surface area contributed by atoms with Gasteiger partial charge < -0.3 is 24.3 Å². The average Bonchev–Trinajstić information content (AvgIpc) is 3.18. The number of hydrogen-bond donors (Lipinski definition) is 2. The van der Waals surface area contributed by atoms with Gasteiger partial charge in [-0.05, 0) is 88.3 Å². The van der Waals surface area contributed by atoms with Crippen molar-refractivity contribution in [3.63, 3.8) is 0 Å². The van der Waals surface area contributed by atoms with Crippen LogP contribution in [0, 0.1) is 21.3 Å². The highest BCUT2D eigenvalue weighted by Gasteiger charge is 2.58. The van der Waals surface area contributed by atoms with Crippen LogP contribution in [0.2, 0.25) is 0 Å². The normalized spacial score (nSPS) is 24.4. The van der Waals surface area contributed by atoms with Crippen molar-refractivity contribution in [1.29, 1.82) is 0 Å². The maximum absolute atomic E-state index is 13.9. The molecule has 2 fully saturated rings. The second kappa shape index (κ2) is 11.3. The van der Waals surface area contributed by atoms with Crippen molar-refractivity contribution in [3.05, 3.63) is 61.6 Å². The number of fused-ring (bicyclic) bond motifs is 3. The lowest BCUT2D eigenvalue weighted by molar-refractivity contribution is -0.143. The minimum Gasteiger partial charge on any atom is -0.504 e. The first-order chi connectivity index (χ1) is 20.1. The van der Waals surface area contributed by atoms with Gasteiger partial charge in [0.2, 0.25) is 11.8 Å². The number of hydrogen-bond acceptors (Lipinski definition) is 7. The number of phenolic OH excluding ortho intramolecular Hbond substituents is 1. The first kappa shape index (κ1) is 31.6. The number of alkyl halides is 6. The zero-order valence-corrected chi connectivity index (χ0v) is 24.6. The van der Waals surface area contributed by atoms with Gasteiger partial charge in [0.05, 0.1) is 52.0 Å². The third kappa shape index (κ3) is 5.62. The monoisotopic (exact) mass is 725 g/mol. The summed E-state index contributed by atoms with van der Waals surface area (Å²) >= 11 is 1.87. The summed E-state index contributed by atoms with van der Waals surface area (Å²) in [5.41, 5.74) is -2.98. The summed E-state index contributed by atoms with van der Waals surface area (Å²) in [6.45, 7) is -0.0612. The minimum atomic E-state index is -5.18. The molecule has 230 valence electrons. The highest BCUT2D eigenvalue weighted by molar-refractivity contribution is 14.1. The number of carbonyl (C=O) groups is 2. The molecule has 43 heavy (non-hydrogen) atoms. The number of ether oxygens (including phenoxy) is 2. The van der Waals surface area contributed by atoms with Crippen LogP contribution in [0.3, 0.4) is 0 Å². The molecular weight excluding hydrogens is 702 g/mol. The van der Waals surface area contributed by atoms with Crippen LogP contribution >= 0.6 is 22.6 Å². The summed E-state index contributed by atoms with van der Waals surface area (Å²) in [7, 11) is 1.15. The number of amides is 2. The van der Waals surface area contributed by atoms with Crippen LogP contribution in [0.1, 0.15) is 35.6 Å². The van der Waals surface area contributed by atoms with Gasteiger partial charge in [-0.25, -0.2) is 4.90 Å². The zero-order chi connectivity index (χ0) is 31.6. The Morgan fingerprint density at radius 2 is 1.63 bits per heavy atom. The number of aromatic hydroxyl groups is 1. The summed E-state index contributed by atoms with van der Waals surface area (Å²) in [4.78, 5) is 27.9. The highest BCUT2D eigenvalue weighted by atomic mass is 127. The standard InChI is InChI=1S/C27H23BF6INO7/c1-41-10-12-3-17-21(16-9-19(43-28(40)22(12)16)11-4-18(35)23(37)20(5-11)42-2)25(39)36(24(17)38)15-7-13(26(29,30)31)6-14(8-15)27(32,33)34/h4-8,16-17,19,21,37,40H,3,9-10H2,1-2H3/t16-,17-,19-,21+/m0/s1. The summed E-state index contributed by atoms with van der Waals surface area (Å²) in [6.07, 6.45) is -11.3. The second-order valence-electron chi connectivity index (χ2n) is 10.5. The van der Waals surface area contributed by atoms with E-state index >= 15 is 0 Å². The van der Waals surface area contributed by atoms with Crippen LogP contribution in [-0.4, -0.2) is 49.9 Å². The SMILES string of the molecule is COCC1=C2B(O)O[C@H](c3cc(I)c(O)c(OC)c3)C[C@H]2[C@H]2C(=O)N(c3cc(C(F)(F)F)cc(C(F)(F)F)c3)C(=O)[C@H]2C1. The van der Waals surface area contributed by atoms with Crippen molar-refractivity contribution in [2.75, 3.05) is 25.7 Å². The fourth-order valence-corrected chi connectivity index (χ4v) is 6.82. The second-order valence-corrected chi connectivity index (χ2v) is 11.6. The minimum absolute atomic E-state index is 0.0219. The fourth-order valence-electron chi connectivity index (χ4n) is 6.19. The molecule has 2 heterocycles. The summed E-state index contributed by atoms with van der Waals surface area (Å²) in [5, 5.41) is 21.4. The molecule has 2 aromatic carbocycles. The molecule has 0 bridgehead atoms. The first-order valence-electron chi connectivity index (χ1n) is 12.8. The number of imide groups is 1. The molecule has 3 aliphatic rings. The van der Waals surface area contributed by atoms with Gasteiger partial charge >= 0.3 is 19.5 Å². The summed E-state index contributed by atoms with van der Waals surface area (Å²) < 4.78 is 98.2. The largest absolute Gasteiger partial charge is 0.504 e.